The molecule has 1 N–H and O–H groups in total. The van der Waals surface area contributed by atoms with Crippen molar-refractivity contribution in [1.82, 2.24) is 5.32 Å². The van der Waals surface area contributed by atoms with Crippen LogP contribution in [0.15, 0.2) is 60.7 Å². The van der Waals surface area contributed by atoms with E-state index in [1.165, 1.54) is 0 Å². The third kappa shape index (κ3) is 5.22. The van der Waals surface area contributed by atoms with E-state index in [1.807, 2.05) is 60.7 Å². The zero-order valence-electron chi connectivity index (χ0n) is 11.9. The summed E-state index contributed by atoms with van der Waals surface area (Å²) >= 11 is 0. The van der Waals surface area contributed by atoms with Crippen molar-refractivity contribution in [3.63, 3.8) is 0 Å². The second kappa shape index (κ2) is 8.00. The third-order valence-corrected chi connectivity index (χ3v) is 3.29. The summed E-state index contributed by atoms with van der Waals surface area (Å²) in [5, 5.41) is 2.78. The van der Waals surface area contributed by atoms with Crippen molar-refractivity contribution in [3.05, 3.63) is 71.8 Å². The number of rotatable bonds is 7. The van der Waals surface area contributed by atoms with Crippen LogP contribution >= 0.6 is 0 Å². The van der Waals surface area contributed by atoms with Crippen molar-refractivity contribution in [1.29, 1.82) is 0 Å². The minimum atomic E-state index is -0.462. The lowest BCUT2D eigenvalue weighted by Crippen LogP contribution is -2.37. The molecule has 0 aromatic heterocycles. The summed E-state index contributed by atoms with van der Waals surface area (Å²) in [6.45, 7) is 0. The number of aldehydes is 1. The van der Waals surface area contributed by atoms with Gasteiger partial charge in [-0.2, -0.15) is 0 Å². The standard InChI is InChI=1S/C18H19NO2/c20-14-17(13-16-9-5-2-6-10-16)19-18(21)12-11-15-7-3-1-4-8-15/h1-10,14,17H,11-13H2,(H,19,21)/t17-/m1/s1. The van der Waals surface area contributed by atoms with E-state index in [4.69, 9.17) is 0 Å². The summed E-state index contributed by atoms with van der Waals surface area (Å²) in [7, 11) is 0. The predicted molar refractivity (Wildman–Crippen MR) is 82.9 cm³/mol. The van der Waals surface area contributed by atoms with E-state index in [0.717, 1.165) is 17.4 Å². The highest BCUT2D eigenvalue weighted by Gasteiger charge is 2.11. The van der Waals surface area contributed by atoms with Crippen LogP contribution in [-0.2, 0) is 22.4 Å². The first kappa shape index (κ1) is 15.0. The molecule has 3 nitrogen and oxygen atoms in total. The van der Waals surface area contributed by atoms with Crippen LogP contribution in [-0.4, -0.2) is 18.2 Å². The van der Waals surface area contributed by atoms with E-state index >= 15 is 0 Å². The fraction of sp³-hybridized carbons (Fsp3) is 0.222. The monoisotopic (exact) mass is 281 g/mol. The Balaban J connectivity index is 1.81. The molecule has 0 aliphatic rings. The average Bonchev–Trinajstić information content (AvgIpc) is 2.54. The maximum Gasteiger partial charge on any atom is 0.220 e. The topological polar surface area (TPSA) is 46.2 Å². The van der Waals surface area contributed by atoms with Crippen molar-refractivity contribution >= 4 is 12.2 Å². The van der Waals surface area contributed by atoms with Gasteiger partial charge >= 0.3 is 0 Å². The molecule has 0 aliphatic carbocycles. The zero-order chi connectivity index (χ0) is 14.9. The first-order chi connectivity index (χ1) is 10.3. The summed E-state index contributed by atoms with van der Waals surface area (Å²) < 4.78 is 0. The fourth-order valence-electron chi connectivity index (χ4n) is 2.18. The number of hydrogen-bond acceptors (Lipinski definition) is 2. The summed E-state index contributed by atoms with van der Waals surface area (Å²) in [4.78, 5) is 23.0. The minimum Gasteiger partial charge on any atom is -0.346 e. The Morgan fingerprint density at radius 3 is 2.10 bits per heavy atom. The van der Waals surface area contributed by atoms with Crippen LogP contribution < -0.4 is 5.32 Å². The van der Waals surface area contributed by atoms with Crippen LogP contribution in [0, 0.1) is 0 Å². The van der Waals surface area contributed by atoms with Crippen LogP contribution in [0.1, 0.15) is 17.5 Å². The second-order valence-electron chi connectivity index (χ2n) is 4.99. The molecule has 0 unspecified atom stereocenters. The number of carbonyl (C=O) groups is 2. The van der Waals surface area contributed by atoms with Gasteiger partial charge in [0.1, 0.15) is 6.29 Å². The molecular weight excluding hydrogens is 262 g/mol. The summed E-state index contributed by atoms with van der Waals surface area (Å²) in [5.74, 6) is -0.0908. The quantitative estimate of drug-likeness (QED) is 0.793. The van der Waals surface area contributed by atoms with Gasteiger partial charge in [-0.1, -0.05) is 60.7 Å². The Hall–Kier alpha value is -2.42. The van der Waals surface area contributed by atoms with Crippen LogP contribution in [0.4, 0.5) is 0 Å². The number of hydrogen-bond donors (Lipinski definition) is 1. The zero-order valence-corrected chi connectivity index (χ0v) is 11.9. The lowest BCUT2D eigenvalue weighted by Gasteiger charge is -2.13. The van der Waals surface area contributed by atoms with Gasteiger partial charge in [0.2, 0.25) is 5.91 Å². The van der Waals surface area contributed by atoms with Crippen molar-refractivity contribution in [2.24, 2.45) is 0 Å². The molecule has 2 aromatic carbocycles. The molecular formula is C18H19NO2. The van der Waals surface area contributed by atoms with Gasteiger partial charge in [0, 0.05) is 6.42 Å². The summed E-state index contributed by atoms with van der Waals surface area (Å²) in [6, 6.07) is 19.1. The molecule has 0 saturated heterocycles. The molecule has 108 valence electrons. The van der Waals surface area contributed by atoms with E-state index in [9.17, 15) is 9.59 Å². The van der Waals surface area contributed by atoms with Crippen LogP contribution in [0.25, 0.3) is 0 Å². The van der Waals surface area contributed by atoms with E-state index in [2.05, 4.69) is 5.32 Å². The number of aryl methyl sites for hydroxylation is 1. The van der Waals surface area contributed by atoms with E-state index in [1.54, 1.807) is 0 Å². The highest BCUT2D eigenvalue weighted by molar-refractivity contribution is 5.79. The minimum absolute atomic E-state index is 0.0908. The molecule has 2 aromatic rings. The number of amides is 1. The number of nitrogens with one attached hydrogen (secondary N) is 1. The molecule has 0 fully saturated rings. The molecule has 3 heteroatoms. The van der Waals surface area contributed by atoms with Gasteiger partial charge in [0.15, 0.2) is 0 Å². The smallest absolute Gasteiger partial charge is 0.220 e. The Labute approximate surface area is 125 Å². The van der Waals surface area contributed by atoms with E-state index in [0.29, 0.717) is 19.3 Å². The Kier molecular flexibility index (Phi) is 5.71. The molecule has 21 heavy (non-hydrogen) atoms. The van der Waals surface area contributed by atoms with Gasteiger partial charge in [-0.15, -0.1) is 0 Å². The Bertz CT molecular complexity index is 566. The Morgan fingerprint density at radius 1 is 0.952 bits per heavy atom. The van der Waals surface area contributed by atoms with Crippen molar-refractivity contribution in [3.8, 4) is 0 Å². The molecule has 1 amide bonds. The summed E-state index contributed by atoms with van der Waals surface area (Å²) in [6.07, 6.45) is 2.40. The van der Waals surface area contributed by atoms with Gasteiger partial charge in [0.05, 0.1) is 6.04 Å². The van der Waals surface area contributed by atoms with Gasteiger partial charge < -0.3 is 10.1 Å². The van der Waals surface area contributed by atoms with Crippen molar-refractivity contribution in [2.75, 3.05) is 0 Å². The molecule has 0 heterocycles. The summed E-state index contributed by atoms with van der Waals surface area (Å²) in [5.41, 5.74) is 2.16. The maximum absolute atomic E-state index is 11.9. The SMILES string of the molecule is O=C[C@@H](Cc1ccccc1)NC(=O)CCc1ccccc1. The van der Waals surface area contributed by atoms with Crippen LogP contribution in [0.5, 0.6) is 0 Å². The largest absolute Gasteiger partial charge is 0.346 e. The van der Waals surface area contributed by atoms with Gasteiger partial charge in [0.25, 0.3) is 0 Å². The Morgan fingerprint density at radius 2 is 1.52 bits per heavy atom. The van der Waals surface area contributed by atoms with Crippen LogP contribution in [0.2, 0.25) is 0 Å². The predicted octanol–water partition coefficient (Wildman–Crippen LogP) is 2.55. The van der Waals surface area contributed by atoms with Gasteiger partial charge in [-0.25, -0.2) is 0 Å². The average molecular weight is 281 g/mol. The number of carbonyl (C=O) groups excluding carboxylic acids is 2. The molecule has 1 atom stereocenters. The normalized spacial score (nSPS) is 11.6. The van der Waals surface area contributed by atoms with Gasteiger partial charge in [-0.05, 0) is 24.0 Å². The molecule has 0 spiro atoms. The van der Waals surface area contributed by atoms with Gasteiger partial charge in [-0.3, -0.25) is 4.79 Å². The first-order valence-electron chi connectivity index (χ1n) is 7.10. The highest BCUT2D eigenvalue weighted by Crippen LogP contribution is 2.04. The fourth-order valence-corrected chi connectivity index (χ4v) is 2.18. The van der Waals surface area contributed by atoms with E-state index in [-0.39, 0.29) is 5.91 Å². The molecule has 0 bridgehead atoms. The van der Waals surface area contributed by atoms with E-state index < -0.39 is 6.04 Å². The molecule has 0 saturated carbocycles. The molecule has 2 rings (SSSR count). The molecule has 0 aliphatic heterocycles. The number of benzene rings is 2. The second-order valence-corrected chi connectivity index (χ2v) is 4.99. The highest BCUT2D eigenvalue weighted by atomic mass is 16.2. The van der Waals surface area contributed by atoms with Crippen molar-refractivity contribution in [2.45, 2.75) is 25.3 Å². The molecule has 0 radical (unpaired) electrons. The third-order valence-electron chi connectivity index (χ3n) is 3.29. The van der Waals surface area contributed by atoms with Crippen LogP contribution in [0.3, 0.4) is 0 Å². The van der Waals surface area contributed by atoms with Crippen molar-refractivity contribution < 1.29 is 9.59 Å². The lowest BCUT2D eigenvalue weighted by molar-refractivity contribution is -0.124. The first-order valence-corrected chi connectivity index (χ1v) is 7.10. The lowest BCUT2D eigenvalue weighted by atomic mass is 10.1. The maximum atomic E-state index is 11.9.